The second-order valence-corrected chi connectivity index (χ2v) is 6.59. The van der Waals surface area contributed by atoms with Crippen molar-refractivity contribution in [2.75, 3.05) is 7.11 Å². The molecule has 2 atom stereocenters. The molecule has 0 amide bonds. The van der Waals surface area contributed by atoms with Crippen molar-refractivity contribution in [3.05, 3.63) is 29.8 Å². The highest BCUT2D eigenvalue weighted by atomic mass is 32.2. The molecule has 0 saturated carbocycles. The molecule has 110 valence electrons. The van der Waals surface area contributed by atoms with Gasteiger partial charge < -0.3 is 9.84 Å². The van der Waals surface area contributed by atoms with Crippen molar-refractivity contribution in [2.45, 2.75) is 36.9 Å². The highest BCUT2D eigenvalue weighted by Gasteiger charge is 2.45. The first kappa shape index (κ1) is 15.0. The number of methoxy groups -OCH3 is 1. The Morgan fingerprint density at radius 2 is 1.90 bits per heavy atom. The minimum atomic E-state index is -3.93. The van der Waals surface area contributed by atoms with Crippen molar-refractivity contribution in [1.82, 2.24) is 4.31 Å². The van der Waals surface area contributed by atoms with E-state index < -0.39 is 28.3 Å². The lowest BCUT2D eigenvalue weighted by Gasteiger charge is -2.25. The predicted molar refractivity (Wildman–Crippen MR) is 71.2 cm³/mol. The molecule has 1 N–H and O–H groups in total. The molecule has 20 heavy (non-hydrogen) atoms. The Kier molecular flexibility index (Phi) is 4.12. The van der Waals surface area contributed by atoms with Crippen LogP contribution in [0.5, 0.6) is 0 Å². The Bertz CT molecular complexity index is 596. The second kappa shape index (κ2) is 5.51. The van der Waals surface area contributed by atoms with Gasteiger partial charge in [0.2, 0.25) is 10.0 Å². The number of aliphatic hydroxyl groups excluding tert-OH is 1. The standard InChI is InChI=1S/C13H17NO5S/c1-9-3-5-10(6-4-9)20(17,18)14-11(13(16)19-2)7-8-12(14)15/h3-6,11-12,15H,7-8H2,1-2H3/t11-,12?/m0/s1. The monoisotopic (exact) mass is 299 g/mol. The average Bonchev–Trinajstić information content (AvgIpc) is 2.81. The van der Waals surface area contributed by atoms with E-state index in [-0.39, 0.29) is 17.7 Å². The van der Waals surface area contributed by atoms with Gasteiger partial charge in [-0.25, -0.2) is 8.42 Å². The lowest BCUT2D eigenvalue weighted by molar-refractivity contribution is -0.145. The van der Waals surface area contributed by atoms with Gasteiger partial charge in [0.15, 0.2) is 0 Å². The number of ether oxygens (including phenoxy) is 1. The molecule has 1 saturated heterocycles. The number of aryl methyl sites for hydroxylation is 1. The molecule has 2 rings (SSSR count). The van der Waals surface area contributed by atoms with E-state index in [2.05, 4.69) is 4.74 Å². The zero-order valence-electron chi connectivity index (χ0n) is 11.3. The molecule has 6 nitrogen and oxygen atoms in total. The molecule has 0 aliphatic carbocycles. The lowest BCUT2D eigenvalue weighted by atomic mass is 10.2. The number of aliphatic hydroxyl groups is 1. The number of benzene rings is 1. The minimum absolute atomic E-state index is 0.0537. The first-order valence-electron chi connectivity index (χ1n) is 6.24. The lowest BCUT2D eigenvalue weighted by Crippen LogP contribution is -2.45. The van der Waals surface area contributed by atoms with E-state index in [1.54, 1.807) is 12.1 Å². The van der Waals surface area contributed by atoms with Crippen LogP contribution >= 0.6 is 0 Å². The summed E-state index contributed by atoms with van der Waals surface area (Å²) in [5, 5.41) is 9.89. The third kappa shape index (κ3) is 2.56. The smallest absolute Gasteiger partial charge is 0.324 e. The second-order valence-electron chi connectivity index (χ2n) is 4.74. The van der Waals surface area contributed by atoms with E-state index >= 15 is 0 Å². The molecule has 7 heteroatoms. The third-order valence-electron chi connectivity index (χ3n) is 3.37. The van der Waals surface area contributed by atoms with Crippen LogP contribution in [0.3, 0.4) is 0 Å². The molecule has 1 fully saturated rings. The molecule has 1 aliphatic heterocycles. The molecule has 1 aromatic carbocycles. The summed E-state index contributed by atoms with van der Waals surface area (Å²) in [6.07, 6.45) is -0.741. The summed E-state index contributed by atoms with van der Waals surface area (Å²) in [7, 11) is -2.73. The Hall–Kier alpha value is -1.44. The summed E-state index contributed by atoms with van der Waals surface area (Å²) in [5.74, 6) is -0.655. The van der Waals surface area contributed by atoms with Gasteiger partial charge in [0.05, 0.1) is 12.0 Å². The van der Waals surface area contributed by atoms with Gasteiger partial charge in [-0.1, -0.05) is 17.7 Å². The van der Waals surface area contributed by atoms with Gasteiger partial charge in [0.1, 0.15) is 12.3 Å². The first-order valence-corrected chi connectivity index (χ1v) is 7.68. The van der Waals surface area contributed by atoms with Crippen molar-refractivity contribution in [3.63, 3.8) is 0 Å². The highest BCUT2D eigenvalue weighted by Crippen LogP contribution is 2.30. The Morgan fingerprint density at radius 3 is 2.45 bits per heavy atom. The summed E-state index contributed by atoms with van der Waals surface area (Å²) in [6, 6.07) is 5.29. The van der Waals surface area contributed by atoms with Crippen molar-refractivity contribution >= 4 is 16.0 Å². The summed E-state index contributed by atoms with van der Waals surface area (Å²) in [6.45, 7) is 1.85. The molecule has 0 bridgehead atoms. The van der Waals surface area contributed by atoms with Crippen LogP contribution in [-0.2, 0) is 19.6 Å². The molecular formula is C13H17NO5S. The Balaban J connectivity index is 2.40. The van der Waals surface area contributed by atoms with Crippen molar-refractivity contribution in [2.24, 2.45) is 0 Å². The summed E-state index contributed by atoms with van der Waals surface area (Å²) >= 11 is 0. The van der Waals surface area contributed by atoms with Gasteiger partial charge in [-0.2, -0.15) is 4.31 Å². The Morgan fingerprint density at radius 1 is 1.30 bits per heavy atom. The van der Waals surface area contributed by atoms with Crippen LogP contribution in [-0.4, -0.2) is 43.2 Å². The van der Waals surface area contributed by atoms with Crippen LogP contribution in [0.1, 0.15) is 18.4 Å². The van der Waals surface area contributed by atoms with E-state index in [0.29, 0.717) is 0 Å². The summed E-state index contributed by atoms with van der Waals surface area (Å²) in [5.41, 5.74) is 0.926. The number of sulfonamides is 1. The molecule has 1 unspecified atom stereocenters. The van der Waals surface area contributed by atoms with Crippen LogP contribution in [0.4, 0.5) is 0 Å². The molecule has 1 aromatic rings. The maximum absolute atomic E-state index is 12.5. The molecule has 0 spiro atoms. The van der Waals surface area contributed by atoms with E-state index in [1.165, 1.54) is 19.2 Å². The number of hydrogen-bond donors (Lipinski definition) is 1. The fraction of sp³-hybridized carbons (Fsp3) is 0.462. The van der Waals surface area contributed by atoms with Crippen LogP contribution < -0.4 is 0 Å². The quantitative estimate of drug-likeness (QED) is 0.828. The van der Waals surface area contributed by atoms with Crippen LogP contribution in [0, 0.1) is 6.92 Å². The normalized spacial score (nSPS) is 23.8. The SMILES string of the molecule is COC(=O)[C@@H]1CCC(O)N1S(=O)(=O)c1ccc(C)cc1. The number of carbonyl (C=O) groups excluding carboxylic acids is 1. The van der Waals surface area contributed by atoms with Gasteiger partial charge in [0, 0.05) is 0 Å². The predicted octanol–water partition coefficient (Wildman–Crippen LogP) is 0.640. The van der Waals surface area contributed by atoms with Crippen molar-refractivity contribution in [1.29, 1.82) is 0 Å². The van der Waals surface area contributed by atoms with E-state index in [0.717, 1.165) is 9.87 Å². The maximum atomic E-state index is 12.5. The molecule has 1 heterocycles. The van der Waals surface area contributed by atoms with E-state index in [1.807, 2.05) is 6.92 Å². The van der Waals surface area contributed by atoms with Crippen molar-refractivity contribution in [3.8, 4) is 0 Å². The zero-order chi connectivity index (χ0) is 14.9. The fourth-order valence-electron chi connectivity index (χ4n) is 2.29. The number of carbonyl (C=O) groups is 1. The number of nitrogens with zero attached hydrogens (tertiary/aromatic N) is 1. The molecule has 0 radical (unpaired) electrons. The number of esters is 1. The van der Waals surface area contributed by atoms with Gasteiger partial charge >= 0.3 is 5.97 Å². The highest BCUT2D eigenvalue weighted by molar-refractivity contribution is 7.89. The summed E-state index contributed by atoms with van der Waals surface area (Å²) < 4.78 is 30.5. The van der Waals surface area contributed by atoms with Gasteiger partial charge in [-0.05, 0) is 31.9 Å². The van der Waals surface area contributed by atoms with Crippen LogP contribution in [0.15, 0.2) is 29.2 Å². The maximum Gasteiger partial charge on any atom is 0.324 e. The minimum Gasteiger partial charge on any atom is -0.468 e. The zero-order valence-corrected chi connectivity index (χ0v) is 12.1. The van der Waals surface area contributed by atoms with Gasteiger partial charge in [0.25, 0.3) is 0 Å². The van der Waals surface area contributed by atoms with Gasteiger partial charge in [-0.3, -0.25) is 4.79 Å². The topological polar surface area (TPSA) is 83.9 Å². The molecular weight excluding hydrogens is 282 g/mol. The number of hydrogen-bond acceptors (Lipinski definition) is 5. The largest absolute Gasteiger partial charge is 0.468 e. The Labute approximate surface area is 118 Å². The first-order chi connectivity index (χ1) is 9.37. The fourth-order valence-corrected chi connectivity index (χ4v) is 3.96. The molecule has 1 aliphatic rings. The third-order valence-corrected chi connectivity index (χ3v) is 5.29. The van der Waals surface area contributed by atoms with Crippen molar-refractivity contribution < 1.29 is 23.1 Å². The molecule has 0 aromatic heterocycles. The average molecular weight is 299 g/mol. The van der Waals surface area contributed by atoms with Crippen LogP contribution in [0.2, 0.25) is 0 Å². The van der Waals surface area contributed by atoms with Crippen LogP contribution in [0.25, 0.3) is 0 Å². The summed E-state index contributed by atoms with van der Waals surface area (Å²) in [4.78, 5) is 11.7. The number of rotatable bonds is 3. The van der Waals surface area contributed by atoms with Gasteiger partial charge in [-0.15, -0.1) is 0 Å². The van der Waals surface area contributed by atoms with E-state index in [4.69, 9.17) is 0 Å². The van der Waals surface area contributed by atoms with E-state index in [9.17, 15) is 18.3 Å².